The highest BCUT2D eigenvalue weighted by Crippen LogP contribution is 2.31. The van der Waals surface area contributed by atoms with Crippen LogP contribution >= 0.6 is 0 Å². The first-order valence-electron chi connectivity index (χ1n) is 11.1. The molecule has 5 rings (SSSR count). The van der Waals surface area contributed by atoms with E-state index in [4.69, 9.17) is 4.42 Å². The third-order valence-corrected chi connectivity index (χ3v) is 5.55. The third-order valence-electron chi connectivity index (χ3n) is 5.55. The van der Waals surface area contributed by atoms with Crippen molar-refractivity contribution in [3.63, 3.8) is 0 Å². The maximum Gasteiger partial charge on any atom is 0.273 e. The first-order valence-corrected chi connectivity index (χ1v) is 11.1. The summed E-state index contributed by atoms with van der Waals surface area (Å²) in [5, 5.41) is 27.7. The molecule has 4 heterocycles. The van der Waals surface area contributed by atoms with Gasteiger partial charge in [0.2, 0.25) is 6.39 Å². The first-order chi connectivity index (χ1) is 17.0. The minimum Gasteiger partial charge on any atom is -0.423 e. The summed E-state index contributed by atoms with van der Waals surface area (Å²) in [6, 6.07) is 14.5. The van der Waals surface area contributed by atoms with Gasteiger partial charge in [0, 0.05) is 18.3 Å². The van der Waals surface area contributed by atoms with Gasteiger partial charge in [-0.3, -0.25) is 14.6 Å². The molecule has 1 atom stereocenters. The van der Waals surface area contributed by atoms with Crippen LogP contribution in [0, 0.1) is 0 Å². The number of aromatic amines is 1. The Balaban J connectivity index is 1.51. The van der Waals surface area contributed by atoms with E-state index in [1.807, 2.05) is 44.2 Å². The van der Waals surface area contributed by atoms with E-state index in [0.717, 1.165) is 5.56 Å². The van der Waals surface area contributed by atoms with Crippen LogP contribution in [0.25, 0.3) is 22.5 Å². The molecule has 0 bridgehead atoms. The van der Waals surface area contributed by atoms with E-state index < -0.39 is 0 Å². The van der Waals surface area contributed by atoms with Crippen LogP contribution in [-0.2, 0) is 0 Å². The van der Waals surface area contributed by atoms with Crippen molar-refractivity contribution in [1.29, 1.82) is 0 Å². The minimum absolute atomic E-state index is 0.0407. The molecule has 1 aromatic carbocycles. The summed E-state index contributed by atoms with van der Waals surface area (Å²) in [7, 11) is 0. The molecule has 0 spiro atoms. The minimum atomic E-state index is -0.372. The molecule has 0 saturated heterocycles. The molecule has 11 nitrogen and oxygen atoms in total. The number of anilines is 3. The van der Waals surface area contributed by atoms with Gasteiger partial charge in [-0.05, 0) is 31.5 Å². The van der Waals surface area contributed by atoms with E-state index in [2.05, 4.69) is 35.9 Å². The Kier molecular flexibility index (Phi) is 5.98. The van der Waals surface area contributed by atoms with Crippen molar-refractivity contribution in [3.05, 3.63) is 77.0 Å². The Morgan fingerprint density at radius 2 is 1.97 bits per heavy atom. The van der Waals surface area contributed by atoms with E-state index in [1.54, 1.807) is 29.1 Å². The van der Waals surface area contributed by atoms with Crippen molar-refractivity contribution in [2.75, 3.05) is 17.2 Å². The van der Waals surface area contributed by atoms with Gasteiger partial charge in [0.1, 0.15) is 11.6 Å². The molecule has 0 fully saturated rings. The van der Waals surface area contributed by atoms with Crippen LogP contribution in [0.2, 0.25) is 0 Å². The summed E-state index contributed by atoms with van der Waals surface area (Å²) in [5.74, 6) is 1.32. The predicted molar refractivity (Wildman–Crippen MR) is 131 cm³/mol. The zero-order chi connectivity index (χ0) is 24.4. The molecule has 0 unspecified atom stereocenters. The lowest BCUT2D eigenvalue weighted by Crippen LogP contribution is -2.15. The lowest BCUT2D eigenvalue weighted by Gasteiger charge is -2.20. The van der Waals surface area contributed by atoms with Crippen LogP contribution in [0.3, 0.4) is 0 Å². The van der Waals surface area contributed by atoms with Gasteiger partial charge < -0.3 is 20.2 Å². The van der Waals surface area contributed by atoms with Crippen molar-refractivity contribution in [2.24, 2.45) is 0 Å². The summed E-state index contributed by atoms with van der Waals surface area (Å²) in [6.07, 6.45) is 2.85. The molecule has 35 heavy (non-hydrogen) atoms. The Morgan fingerprint density at radius 3 is 2.69 bits per heavy atom. The molecule has 0 aliphatic rings. The van der Waals surface area contributed by atoms with Crippen molar-refractivity contribution < 1.29 is 9.52 Å². The molecule has 0 saturated carbocycles. The van der Waals surface area contributed by atoms with Gasteiger partial charge in [0.25, 0.3) is 11.4 Å². The maximum absolute atomic E-state index is 12.2. The summed E-state index contributed by atoms with van der Waals surface area (Å²) in [6.45, 7) is 3.81. The van der Waals surface area contributed by atoms with Gasteiger partial charge >= 0.3 is 0 Å². The van der Waals surface area contributed by atoms with Crippen LogP contribution in [0.15, 0.2) is 70.3 Å². The molecular formula is C24H24N8O3. The van der Waals surface area contributed by atoms with Crippen LogP contribution in [0.1, 0.15) is 31.5 Å². The highest BCUT2D eigenvalue weighted by Gasteiger charge is 2.18. The number of nitrogens with one attached hydrogen (secondary N) is 3. The smallest absolute Gasteiger partial charge is 0.273 e. The molecule has 5 aromatic rings. The number of H-pyrrole nitrogens is 1. The van der Waals surface area contributed by atoms with Gasteiger partial charge in [-0.15, -0.1) is 10.2 Å². The number of hydrogen-bond acceptors (Lipinski definition) is 9. The number of nitrogens with zero attached hydrogens (tertiary/aromatic N) is 5. The van der Waals surface area contributed by atoms with Crippen LogP contribution in [0.4, 0.5) is 17.3 Å². The zero-order valence-electron chi connectivity index (χ0n) is 19.1. The van der Waals surface area contributed by atoms with Crippen molar-refractivity contribution in [1.82, 2.24) is 29.9 Å². The predicted octanol–water partition coefficient (Wildman–Crippen LogP) is 3.64. The Bertz CT molecular complexity index is 1490. The van der Waals surface area contributed by atoms with Gasteiger partial charge in [-0.1, -0.05) is 30.3 Å². The number of fused-ring (bicyclic) bond motifs is 1. The van der Waals surface area contributed by atoms with Crippen LogP contribution in [0.5, 0.6) is 0 Å². The number of hydrogen-bond donors (Lipinski definition) is 4. The maximum atomic E-state index is 12.2. The number of aliphatic hydroxyl groups excluding tert-OH is 1. The molecule has 0 aliphatic carbocycles. The van der Waals surface area contributed by atoms with E-state index in [1.165, 1.54) is 6.39 Å². The second kappa shape index (κ2) is 9.39. The lowest BCUT2D eigenvalue weighted by atomic mass is 10.1. The molecule has 0 amide bonds. The number of benzene rings is 1. The summed E-state index contributed by atoms with van der Waals surface area (Å²) >= 11 is 0. The van der Waals surface area contributed by atoms with E-state index in [0.29, 0.717) is 39.8 Å². The lowest BCUT2D eigenvalue weighted by molar-refractivity contribution is 0.276. The summed E-state index contributed by atoms with van der Waals surface area (Å²) < 4.78 is 7.12. The molecule has 11 heteroatoms. The van der Waals surface area contributed by atoms with Gasteiger partial charge in [-0.2, -0.15) is 0 Å². The highest BCUT2D eigenvalue weighted by molar-refractivity contribution is 5.79. The van der Waals surface area contributed by atoms with Crippen LogP contribution in [-0.4, -0.2) is 41.7 Å². The molecule has 178 valence electrons. The monoisotopic (exact) mass is 472 g/mol. The van der Waals surface area contributed by atoms with E-state index in [9.17, 15) is 9.90 Å². The van der Waals surface area contributed by atoms with Gasteiger partial charge in [0.15, 0.2) is 5.65 Å². The standard InChI is InChI=1S/C24H24N8O3/c1-14(2)32-22-16(23(34)31-32)8-9-20(29-22)28-21-10-18(17(11-25-21)24-30-26-13-35-24)27-19(12-33)15-6-4-3-5-7-15/h3-11,13-14,19,33H,12H2,1-2H3,(H,31,34)(H2,25,27,28,29)/t19-/m1/s1. The average Bonchev–Trinajstić information content (AvgIpc) is 3.51. The van der Waals surface area contributed by atoms with Gasteiger partial charge in [0.05, 0.1) is 29.3 Å². The second-order valence-corrected chi connectivity index (χ2v) is 8.25. The average molecular weight is 473 g/mol. The van der Waals surface area contributed by atoms with Crippen molar-refractivity contribution in [3.8, 4) is 11.5 Å². The normalized spacial score (nSPS) is 12.2. The Labute approximate surface area is 199 Å². The second-order valence-electron chi connectivity index (χ2n) is 8.25. The van der Waals surface area contributed by atoms with Crippen LogP contribution < -0.4 is 16.2 Å². The quantitative estimate of drug-likeness (QED) is 0.266. The van der Waals surface area contributed by atoms with E-state index in [-0.39, 0.29) is 24.2 Å². The van der Waals surface area contributed by atoms with Crippen molar-refractivity contribution in [2.45, 2.75) is 25.9 Å². The number of rotatable bonds is 8. The van der Waals surface area contributed by atoms with Gasteiger partial charge in [-0.25, -0.2) is 9.97 Å². The largest absolute Gasteiger partial charge is 0.423 e. The fraction of sp³-hybridized carbons (Fsp3) is 0.208. The zero-order valence-corrected chi connectivity index (χ0v) is 19.1. The first kappa shape index (κ1) is 22.3. The number of pyridine rings is 2. The Hall–Kier alpha value is -4.51. The van der Waals surface area contributed by atoms with Crippen molar-refractivity contribution >= 4 is 28.4 Å². The number of aromatic nitrogens is 6. The Morgan fingerprint density at radius 1 is 1.14 bits per heavy atom. The third kappa shape index (κ3) is 4.49. The molecule has 0 aliphatic heterocycles. The molecule has 4 N–H and O–H groups in total. The molecular weight excluding hydrogens is 448 g/mol. The summed E-state index contributed by atoms with van der Waals surface area (Å²) in [4.78, 5) is 21.3. The van der Waals surface area contributed by atoms with E-state index >= 15 is 0 Å². The number of aliphatic hydroxyl groups is 1. The molecule has 4 aromatic heterocycles. The fourth-order valence-corrected chi connectivity index (χ4v) is 3.82. The topological polar surface area (TPSA) is 147 Å². The highest BCUT2D eigenvalue weighted by atomic mass is 16.4. The SMILES string of the molecule is CC(C)n1[nH]c(=O)c2ccc(Nc3cc(N[C@H](CO)c4ccccc4)c(-c4nnco4)cn3)nc21. The fourth-order valence-electron chi connectivity index (χ4n) is 3.82. The molecule has 0 radical (unpaired) electrons. The summed E-state index contributed by atoms with van der Waals surface area (Å²) in [5.41, 5.74) is 2.52.